The SMILES string of the molecule is CC(=O)c1c(C)nn(Cc2csc(C(=O)O)c2)c1C. The van der Waals surface area contributed by atoms with E-state index in [1.54, 1.807) is 23.1 Å². The maximum atomic E-state index is 11.5. The quantitative estimate of drug-likeness (QED) is 0.872. The summed E-state index contributed by atoms with van der Waals surface area (Å²) in [6.07, 6.45) is 0. The van der Waals surface area contributed by atoms with Crippen molar-refractivity contribution in [2.45, 2.75) is 27.3 Å². The van der Waals surface area contributed by atoms with Crippen LogP contribution in [0.3, 0.4) is 0 Å². The molecule has 100 valence electrons. The van der Waals surface area contributed by atoms with Gasteiger partial charge in [0.15, 0.2) is 5.78 Å². The second-order valence-electron chi connectivity index (χ2n) is 4.38. The molecule has 19 heavy (non-hydrogen) atoms. The van der Waals surface area contributed by atoms with Crippen LogP contribution in [-0.2, 0) is 6.54 Å². The van der Waals surface area contributed by atoms with Crippen molar-refractivity contribution < 1.29 is 14.7 Å². The van der Waals surface area contributed by atoms with Gasteiger partial charge in [-0.25, -0.2) is 4.79 Å². The van der Waals surface area contributed by atoms with Crippen LogP contribution in [0.1, 0.15) is 43.9 Å². The fraction of sp³-hybridized carbons (Fsp3) is 0.308. The van der Waals surface area contributed by atoms with Gasteiger partial charge in [-0.1, -0.05) is 0 Å². The molecule has 0 saturated carbocycles. The minimum atomic E-state index is -0.922. The lowest BCUT2D eigenvalue weighted by Crippen LogP contribution is -2.04. The molecule has 5 nitrogen and oxygen atoms in total. The number of rotatable bonds is 4. The van der Waals surface area contributed by atoms with Crippen molar-refractivity contribution in [3.05, 3.63) is 38.8 Å². The summed E-state index contributed by atoms with van der Waals surface area (Å²) < 4.78 is 1.74. The van der Waals surface area contributed by atoms with Gasteiger partial charge in [-0.2, -0.15) is 5.10 Å². The number of carbonyl (C=O) groups excluding carboxylic acids is 1. The normalized spacial score (nSPS) is 10.7. The first kappa shape index (κ1) is 13.5. The third kappa shape index (κ3) is 2.58. The molecule has 0 amide bonds. The molecule has 0 bridgehead atoms. The molecule has 1 N–H and O–H groups in total. The van der Waals surface area contributed by atoms with Gasteiger partial charge in [0, 0.05) is 5.69 Å². The van der Waals surface area contributed by atoms with Gasteiger partial charge in [0.25, 0.3) is 0 Å². The summed E-state index contributed by atoms with van der Waals surface area (Å²) in [6.45, 7) is 5.65. The number of ketones is 1. The van der Waals surface area contributed by atoms with Crippen molar-refractivity contribution >= 4 is 23.1 Å². The molecule has 0 aliphatic carbocycles. The van der Waals surface area contributed by atoms with Crippen molar-refractivity contribution in [3.63, 3.8) is 0 Å². The van der Waals surface area contributed by atoms with E-state index < -0.39 is 5.97 Å². The molecule has 2 rings (SSSR count). The molecular formula is C13H14N2O3S. The Morgan fingerprint density at radius 2 is 2.11 bits per heavy atom. The number of aromatic nitrogens is 2. The Bertz CT molecular complexity index is 655. The zero-order valence-electron chi connectivity index (χ0n) is 10.9. The van der Waals surface area contributed by atoms with Crippen molar-refractivity contribution in [1.29, 1.82) is 0 Å². The van der Waals surface area contributed by atoms with Crippen LogP contribution in [0.15, 0.2) is 11.4 Å². The number of aromatic carboxylic acids is 1. The Kier molecular flexibility index (Phi) is 3.53. The van der Waals surface area contributed by atoms with Crippen LogP contribution in [0.5, 0.6) is 0 Å². The van der Waals surface area contributed by atoms with Crippen molar-refractivity contribution in [1.82, 2.24) is 9.78 Å². The Morgan fingerprint density at radius 1 is 1.42 bits per heavy atom. The second kappa shape index (κ2) is 4.97. The smallest absolute Gasteiger partial charge is 0.345 e. The number of aryl methyl sites for hydroxylation is 1. The van der Waals surface area contributed by atoms with Crippen molar-refractivity contribution in [2.75, 3.05) is 0 Å². The van der Waals surface area contributed by atoms with Gasteiger partial charge in [-0.15, -0.1) is 11.3 Å². The lowest BCUT2D eigenvalue weighted by Gasteiger charge is -2.02. The van der Waals surface area contributed by atoms with Gasteiger partial charge in [0.05, 0.1) is 17.8 Å². The molecule has 0 saturated heterocycles. The Morgan fingerprint density at radius 3 is 2.58 bits per heavy atom. The summed E-state index contributed by atoms with van der Waals surface area (Å²) in [5.41, 5.74) is 3.04. The number of Topliss-reactive ketones (excluding diaryl/α,β-unsaturated/α-hetero) is 1. The van der Waals surface area contributed by atoms with Gasteiger partial charge >= 0.3 is 5.97 Å². The summed E-state index contributed by atoms with van der Waals surface area (Å²) in [7, 11) is 0. The number of hydrogen-bond acceptors (Lipinski definition) is 4. The predicted molar refractivity (Wildman–Crippen MR) is 72.1 cm³/mol. The first-order valence-corrected chi connectivity index (χ1v) is 6.63. The van der Waals surface area contributed by atoms with E-state index in [1.165, 1.54) is 18.3 Å². The molecule has 2 aromatic heterocycles. The standard InChI is InChI=1S/C13H14N2O3S/c1-7-12(9(3)16)8(2)15(14-7)5-10-4-11(13(17)18)19-6-10/h4,6H,5H2,1-3H3,(H,17,18). The van der Waals surface area contributed by atoms with Gasteiger partial charge in [-0.05, 0) is 37.8 Å². The average Bonchev–Trinajstić information content (AvgIpc) is 2.85. The van der Waals surface area contributed by atoms with E-state index in [0.717, 1.165) is 11.3 Å². The lowest BCUT2D eigenvalue weighted by atomic mass is 10.1. The van der Waals surface area contributed by atoms with Crippen molar-refractivity contribution in [3.8, 4) is 0 Å². The topological polar surface area (TPSA) is 72.2 Å². The summed E-state index contributed by atoms with van der Waals surface area (Å²) in [6, 6.07) is 1.64. The molecule has 0 aromatic carbocycles. The summed E-state index contributed by atoms with van der Waals surface area (Å²) in [4.78, 5) is 22.7. The molecule has 0 spiro atoms. The van der Waals surface area contributed by atoms with Crippen LogP contribution in [0, 0.1) is 13.8 Å². The molecule has 2 aromatic rings. The number of carbonyl (C=O) groups is 2. The summed E-state index contributed by atoms with van der Waals surface area (Å²) >= 11 is 1.19. The highest BCUT2D eigenvalue weighted by Gasteiger charge is 2.16. The zero-order chi connectivity index (χ0) is 14.2. The van der Waals surface area contributed by atoms with Crippen LogP contribution in [-0.4, -0.2) is 26.6 Å². The molecular weight excluding hydrogens is 264 g/mol. The molecule has 0 aliphatic heterocycles. The second-order valence-corrected chi connectivity index (χ2v) is 5.30. The third-order valence-electron chi connectivity index (χ3n) is 2.93. The minimum Gasteiger partial charge on any atom is -0.477 e. The van der Waals surface area contributed by atoms with E-state index in [4.69, 9.17) is 5.11 Å². The number of thiophene rings is 1. The summed E-state index contributed by atoms with van der Waals surface area (Å²) in [5, 5.41) is 15.0. The van der Waals surface area contributed by atoms with Gasteiger partial charge in [0.2, 0.25) is 0 Å². The molecule has 0 atom stereocenters. The Hall–Kier alpha value is -1.95. The molecule has 0 unspecified atom stereocenters. The zero-order valence-corrected chi connectivity index (χ0v) is 11.7. The van der Waals surface area contributed by atoms with Crippen LogP contribution >= 0.6 is 11.3 Å². The molecule has 0 radical (unpaired) electrons. The maximum absolute atomic E-state index is 11.5. The highest BCUT2D eigenvalue weighted by Crippen LogP contribution is 2.19. The molecule has 6 heteroatoms. The number of nitrogens with zero attached hydrogens (tertiary/aromatic N) is 2. The van der Waals surface area contributed by atoms with Crippen LogP contribution in [0.2, 0.25) is 0 Å². The monoisotopic (exact) mass is 278 g/mol. The first-order valence-electron chi connectivity index (χ1n) is 5.75. The van der Waals surface area contributed by atoms with E-state index in [2.05, 4.69) is 5.10 Å². The number of carboxylic acids is 1. The highest BCUT2D eigenvalue weighted by atomic mass is 32.1. The van der Waals surface area contributed by atoms with Gasteiger partial charge in [-0.3, -0.25) is 9.48 Å². The van der Waals surface area contributed by atoms with Gasteiger partial charge < -0.3 is 5.11 Å². The summed E-state index contributed by atoms with van der Waals surface area (Å²) in [5.74, 6) is -0.924. The van der Waals surface area contributed by atoms with Crippen molar-refractivity contribution in [2.24, 2.45) is 0 Å². The van der Waals surface area contributed by atoms with E-state index >= 15 is 0 Å². The maximum Gasteiger partial charge on any atom is 0.345 e. The Balaban J connectivity index is 2.31. The predicted octanol–water partition coefficient (Wildman–Crippen LogP) is 2.51. The molecule has 0 fully saturated rings. The fourth-order valence-electron chi connectivity index (χ4n) is 2.10. The fourth-order valence-corrected chi connectivity index (χ4v) is 2.85. The van der Waals surface area contributed by atoms with E-state index in [-0.39, 0.29) is 5.78 Å². The number of hydrogen-bond donors (Lipinski definition) is 1. The van der Waals surface area contributed by atoms with E-state index in [0.29, 0.717) is 22.7 Å². The first-order chi connectivity index (χ1) is 8.90. The molecule has 2 heterocycles. The highest BCUT2D eigenvalue weighted by molar-refractivity contribution is 7.12. The van der Waals surface area contributed by atoms with E-state index in [1.807, 2.05) is 6.92 Å². The van der Waals surface area contributed by atoms with Crippen LogP contribution < -0.4 is 0 Å². The number of carboxylic acid groups (broad SMARTS) is 1. The van der Waals surface area contributed by atoms with E-state index in [9.17, 15) is 9.59 Å². The minimum absolute atomic E-state index is 0.00204. The third-order valence-corrected chi connectivity index (χ3v) is 3.90. The lowest BCUT2D eigenvalue weighted by molar-refractivity contribution is 0.0702. The largest absolute Gasteiger partial charge is 0.477 e. The van der Waals surface area contributed by atoms with Crippen LogP contribution in [0.25, 0.3) is 0 Å². The molecule has 0 aliphatic rings. The van der Waals surface area contributed by atoms with Gasteiger partial charge in [0.1, 0.15) is 4.88 Å². The average molecular weight is 278 g/mol. The Labute approximate surface area is 114 Å². The van der Waals surface area contributed by atoms with Crippen LogP contribution in [0.4, 0.5) is 0 Å².